The number of rotatable bonds is 4. The van der Waals surface area contributed by atoms with Gasteiger partial charge in [-0.15, -0.1) is 11.3 Å². The molecule has 2 aromatic rings. The molecule has 0 unspecified atom stereocenters. The molecule has 2 rings (SSSR count). The van der Waals surface area contributed by atoms with Crippen molar-refractivity contribution in [1.29, 1.82) is 0 Å². The topological polar surface area (TPSA) is 102 Å². The van der Waals surface area contributed by atoms with Crippen molar-refractivity contribution >= 4 is 32.8 Å². The third kappa shape index (κ3) is 3.41. The highest BCUT2D eigenvalue weighted by Crippen LogP contribution is 2.17. The van der Waals surface area contributed by atoms with Crippen LogP contribution >= 0.6 is 11.3 Å². The minimum Gasteiger partial charge on any atom is -0.325 e. The number of thiazole rings is 1. The highest BCUT2D eigenvalue weighted by molar-refractivity contribution is 7.90. The number of carbonyl (C=O) groups is 1. The van der Waals surface area contributed by atoms with Crippen molar-refractivity contribution < 1.29 is 13.2 Å². The minimum absolute atomic E-state index is 0.149. The van der Waals surface area contributed by atoms with Gasteiger partial charge in [0.05, 0.1) is 4.90 Å². The maximum Gasteiger partial charge on any atom is 0.275 e. The van der Waals surface area contributed by atoms with E-state index in [1.807, 2.05) is 0 Å². The van der Waals surface area contributed by atoms with Crippen LogP contribution in [-0.2, 0) is 16.4 Å². The summed E-state index contributed by atoms with van der Waals surface area (Å²) in [6.45, 7) is 0.279. The predicted octanol–water partition coefficient (Wildman–Crippen LogP) is 1.26. The number of anilines is 1. The maximum absolute atomic E-state index is 11.9. The minimum atomic E-state index is -3.31. The molecule has 0 saturated heterocycles. The van der Waals surface area contributed by atoms with Crippen LogP contribution in [0.3, 0.4) is 0 Å². The Morgan fingerprint density at radius 1 is 1.45 bits per heavy atom. The van der Waals surface area contributed by atoms with Crippen LogP contribution < -0.4 is 11.1 Å². The van der Waals surface area contributed by atoms with Crippen molar-refractivity contribution in [3.05, 3.63) is 40.3 Å². The third-order valence-electron chi connectivity index (χ3n) is 2.48. The first-order valence-corrected chi connectivity index (χ1v) is 8.43. The van der Waals surface area contributed by atoms with E-state index in [1.54, 1.807) is 17.5 Å². The zero-order chi connectivity index (χ0) is 14.8. The molecule has 0 aliphatic carbocycles. The SMILES string of the molecule is CS(=O)(=O)c1cccc(NC(=O)c2csc(CN)n2)c1. The molecule has 0 radical (unpaired) electrons. The molecule has 8 heteroatoms. The first kappa shape index (κ1) is 14.6. The van der Waals surface area contributed by atoms with E-state index in [2.05, 4.69) is 10.3 Å². The van der Waals surface area contributed by atoms with Crippen LogP contribution in [0.4, 0.5) is 5.69 Å². The molecule has 6 nitrogen and oxygen atoms in total. The first-order chi connectivity index (χ1) is 9.40. The molecule has 0 saturated carbocycles. The molecule has 20 heavy (non-hydrogen) atoms. The van der Waals surface area contributed by atoms with Gasteiger partial charge in [0, 0.05) is 23.9 Å². The van der Waals surface area contributed by atoms with Gasteiger partial charge in [-0.3, -0.25) is 4.79 Å². The predicted molar refractivity (Wildman–Crippen MR) is 77.5 cm³/mol. The van der Waals surface area contributed by atoms with Crippen molar-refractivity contribution in [3.63, 3.8) is 0 Å². The number of nitrogens with one attached hydrogen (secondary N) is 1. The van der Waals surface area contributed by atoms with Gasteiger partial charge in [0.25, 0.3) is 5.91 Å². The van der Waals surface area contributed by atoms with Crippen molar-refractivity contribution in [2.75, 3.05) is 11.6 Å². The average Bonchev–Trinajstić information content (AvgIpc) is 2.87. The number of nitrogens with two attached hydrogens (primary N) is 1. The third-order valence-corrected chi connectivity index (χ3v) is 4.46. The van der Waals surface area contributed by atoms with Crippen LogP contribution in [0.25, 0.3) is 0 Å². The van der Waals surface area contributed by atoms with E-state index in [0.29, 0.717) is 10.7 Å². The molecule has 0 aliphatic rings. The van der Waals surface area contributed by atoms with Gasteiger partial charge < -0.3 is 11.1 Å². The molecule has 3 N–H and O–H groups in total. The number of carbonyl (C=O) groups excluding carboxylic acids is 1. The summed E-state index contributed by atoms with van der Waals surface area (Å²) in [6, 6.07) is 6.06. The summed E-state index contributed by atoms with van der Waals surface area (Å²) in [5.41, 5.74) is 6.10. The van der Waals surface area contributed by atoms with Gasteiger partial charge in [-0.05, 0) is 18.2 Å². The zero-order valence-corrected chi connectivity index (χ0v) is 12.3. The Morgan fingerprint density at radius 2 is 2.20 bits per heavy atom. The van der Waals surface area contributed by atoms with Gasteiger partial charge in [0.15, 0.2) is 9.84 Å². The molecule has 1 heterocycles. The number of aromatic nitrogens is 1. The summed E-state index contributed by atoms with van der Waals surface area (Å²) in [4.78, 5) is 16.2. The number of amides is 1. The van der Waals surface area contributed by atoms with Crippen LogP contribution in [0.5, 0.6) is 0 Å². The van der Waals surface area contributed by atoms with Crippen molar-refractivity contribution in [2.24, 2.45) is 5.73 Å². The normalized spacial score (nSPS) is 11.3. The van der Waals surface area contributed by atoms with Crippen molar-refractivity contribution in [3.8, 4) is 0 Å². The Labute approximate surface area is 120 Å². The number of nitrogens with zero attached hydrogens (tertiary/aromatic N) is 1. The lowest BCUT2D eigenvalue weighted by Gasteiger charge is -2.05. The zero-order valence-electron chi connectivity index (χ0n) is 10.7. The van der Waals surface area contributed by atoms with Crippen molar-refractivity contribution in [1.82, 2.24) is 4.98 Å². The largest absolute Gasteiger partial charge is 0.325 e. The number of sulfone groups is 1. The number of hydrogen-bond donors (Lipinski definition) is 2. The fourth-order valence-electron chi connectivity index (χ4n) is 1.51. The molecule has 1 aromatic heterocycles. The first-order valence-electron chi connectivity index (χ1n) is 5.66. The lowest BCUT2D eigenvalue weighted by atomic mass is 10.3. The van der Waals surface area contributed by atoms with E-state index in [0.717, 1.165) is 6.26 Å². The molecule has 106 valence electrons. The lowest BCUT2D eigenvalue weighted by molar-refractivity contribution is 0.102. The van der Waals surface area contributed by atoms with E-state index in [1.165, 1.54) is 23.5 Å². The summed E-state index contributed by atoms with van der Waals surface area (Å²) in [5.74, 6) is -0.397. The fraction of sp³-hybridized carbons (Fsp3) is 0.167. The van der Waals surface area contributed by atoms with Crippen molar-refractivity contribution in [2.45, 2.75) is 11.4 Å². The van der Waals surface area contributed by atoms with E-state index < -0.39 is 15.7 Å². The van der Waals surface area contributed by atoms with Gasteiger partial charge in [-0.2, -0.15) is 0 Å². The second-order valence-electron chi connectivity index (χ2n) is 4.08. The Morgan fingerprint density at radius 3 is 2.80 bits per heavy atom. The molecular weight excluding hydrogens is 298 g/mol. The number of hydrogen-bond acceptors (Lipinski definition) is 6. The summed E-state index contributed by atoms with van der Waals surface area (Å²) < 4.78 is 22.9. The van der Waals surface area contributed by atoms with E-state index in [9.17, 15) is 13.2 Å². The molecule has 0 aliphatic heterocycles. The van der Waals surface area contributed by atoms with Gasteiger partial charge >= 0.3 is 0 Å². The van der Waals surface area contributed by atoms with Crippen LogP contribution in [0.2, 0.25) is 0 Å². The van der Waals surface area contributed by atoms with Crippen LogP contribution in [0.1, 0.15) is 15.5 Å². The molecule has 0 spiro atoms. The second-order valence-corrected chi connectivity index (χ2v) is 7.04. The second kappa shape index (κ2) is 5.70. The molecule has 0 bridgehead atoms. The van der Waals surface area contributed by atoms with Crippen LogP contribution in [0.15, 0.2) is 34.5 Å². The highest BCUT2D eigenvalue weighted by atomic mass is 32.2. The van der Waals surface area contributed by atoms with Gasteiger partial charge in [0.2, 0.25) is 0 Å². The molecule has 1 aromatic carbocycles. The summed E-state index contributed by atoms with van der Waals surface area (Å²) >= 11 is 1.30. The smallest absolute Gasteiger partial charge is 0.275 e. The average molecular weight is 311 g/mol. The van der Waals surface area contributed by atoms with E-state index in [4.69, 9.17) is 5.73 Å². The van der Waals surface area contributed by atoms with Crippen LogP contribution in [0, 0.1) is 0 Å². The Balaban J connectivity index is 2.20. The molecule has 1 amide bonds. The molecule has 0 fully saturated rings. The summed E-state index contributed by atoms with van der Waals surface area (Å²) in [7, 11) is -3.31. The standard InChI is InChI=1S/C12H13N3O3S2/c1-20(17,18)9-4-2-3-8(5-9)14-12(16)10-7-19-11(6-13)15-10/h2-5,7H,6,13H2,1H3,(H,14,16). The highest BCUT2D eigenvalue weighted by Gasteiger charge is 2.12. The molecule has 0 atom stereocenters. The monoisotopic (exact) mass is 311 g/mol. The van der Waals surface area contributed by atoms with Crippen LogP contribution in [-0.4, -0.2) is 25.6 Å². The summed E-state index contributed by atoms with van der Waals surface area (Å²) in [5, 5.41) is 4.88. The van der Waals surface area contributed by atoms with E-state index in [-0.39, 0.29) is 17.1 Å². The molecular formula is C12H13N3O3S2. The van der Waals surface area contributed by atoms with Gasteiger partial charge in [0.1, 0.15) is 10.7 Å². The quantitative estimate of drug-likeness (QED) is 0.885. The van der Waals surface area contributed by atoms with Gasteiger partial charge in [-0.1, -0.05) is 6.07 Å². The Bertz CT molecular complexity index is 738. The lowest BCUT2D eigenvalue weighted by Crippen LogP contribution is -2.13. The summed E-state index contributed by atoms with van der Waals surface area (Å²) in [6.07, 6.45) is 1.11. The maximum atomic E-state index is 11.9. The Hall–Kier alpha value is -1.77. The fourth-order valence-corrected chi connectivity index (χ4v) is 2.83. The number of benzene rings is 1. The van der Waals surface area contributed by atoms with E-state index >= 15 is 0 Å². The Kier molecular flexibility index (Phi) is 4.17. The van der Waals surface area contributed by atoms with Gasteiger partial charge in [-0.25, -0.2) is 13.4 Å².